The third-order valence-corrected chi connectivity index (χ3v) is 3.66. The summed E-state index contributed by atoms with van der Waals surface area (Å²) in [6.07, 6.45) is 0.566. The molecule has 1 aromatic carbocycles. The van der Waals surface area contributed by atoms with Gasteiger partial charge in [0, 0.05) is 19.2 Å². The van der Waals surface area contributed by atoms with E-state index in [4.69, 9.17) is 5.73 Å². The van der Waals surface area contributed by atoms with Gasteiger partial charge in [0.05, 0.1) is 0 Å². The zero-order chi connectivity index (χ0) is 15.1. The van der Waals surface area contributed by atoms with Gasteiger partial charge in [-0.1, -0.05) is 6.92 Å². The Morgan fingerprint density at radius 3 is 2.24 bits per heavy atom. The number of rotatable bonds is 2. The first-order chi connectivity index (χ1) is 9.29. The topological polar surface area (TPSA) is 46.3 Å². The van der Waals surface area contributed by atoms with Crippen LogP contribution in [0.1, 0.15) is 23.7 Å². The van der Waals surface area contributed by atoms with Crippen molar-refractivity contribution in [1.82, 2.24) is 4.90 Å². The number of nitrogens with two attached hydrogens (primary N) is 1. The molecule has 21 heavy (non-hydrogen) atoms. The van der Waals surface area contributed by atoms with Gasteiger partial charge in [0.15, 0.2) is 23.3 Å². The van der Waals surface area contributed by atoms with Gasteiger partial charge in [-0.15, -0.1) is 12.4 Å². The smallest absolute Gasteiger partial charge is 0.260 e. The van der Waals surface area contributed by atoms with Gasteiger partial charge in [-0.3, -0.25) is 4.79 Å². The molecule has 1 unspecified atom stereocenters. The molecule has 0 radical (unpaired) electrons. The van der Waals surface area contributed by atoms with E-state index in [-0.39, 0.29) is 37.0 Å². The summed E-state index contributed by atoms with van der Waals surface area (Å²) in [4.78, 5) is 13.2. The standard InChI is InChI=1S/C13H14F4N2O.ClH/c1-13(5-18)2-3-19(6-13)12(20)9-10(16)7(14)4-8(15)11(9)17;/h4H,2-3,5-6,18H2,1H3;1H. The molecule has 2 N–H and O–H groups in total. The highest BCUT2D eigenvalue weighted by Gasteiger charge is 2.37. The maximum Gasteiger partial charge on any atom is 0.260 e. The molecule has 1 aromatic rings. The number of hydrogen-bond donors (Lipinski definition) is 1. The van der Waals surface area contributed by atoms with Crippen LogP contribution in [-0.4, -0.2) is 30.4 Å². The second-order valence-corrected chi connectivity index (χ2v) is 5.33. The normalized spacial score (nSPS) is 21.3. The van der Waals surface area contributed by atoms with Crippen LogP contribution in [0.4, 0.5) is 17.6 Å². The van der Waals surface area contributed by atoms with E-state index < -0.39 is 34.7 Å². The average Bonchev–Trinajstić information content (AvgIpc) is 2.80. The minimum atomic E-state index is -1.67. The number of amides is 1. The fraction of sp³-hybridized carbons (Fsp3) is 0.462. The summed E-state index contributed by atoms with van der Waals surface area (Å²) in [6.45, 7) is 2.57. The quantitative estimate of drug-likeness (QED) is 0.670. The van der Waals surface area contributed by atoms with Crippen LogP contribution in [0.2, 0.25) is 0 Å². The van der Waals surface area contributed by atoms with Crippen molar-refractivity contribution >= 4 is 18.3 Å². The molecule has 0 bridgehead atoms. The van der Waals surface area contributed by atoms with Gasteiger partial charge < -0.3 is 10.6 Å². The van der Waals surface area contributed by atoms with Crippen molar-refractivity contribution in [1.29, 1.82) is 0 Å². The fourth-order valence-electron chi connectivity index (χ4n) is 2.28. The van der Waals surface area contributed by atoms with Crippen molar-refractivity contribution < 1.29 is 22.4 Å². The molecule has 1 saturated heterocycles. The third kappa shape index (κ3) is 3.13. The van der Waals surface area contributed by atoms with E-state index in [0.29, 0.717) is 13.0 Å². The summed E-state index contributed by atoms with van der Waals surface area (Å²) in [5.41, 5.74) is 4.03. The molecule has 0 saturated carbocycles. The van der Waals surface area contributed by atoms with Crippen LogP contribution in [0.15, 0.2) is 6.07 Å². The Bertz CT molecular complexity index is 543. The zero-order valence-electron chi connectivity index (χ0n) is 11.3. The molecule has 0 spiro atoms. The van der Waals surface area contributed by atoms with Gasteiger partial charge in [0.25, 0.3) is 5.91 Å². The highest BCUT2D eigenvalue weighted by molar-refractivity contribution is 5.95. The first kappa shape index (κ1) is 17.7. The molecule has 0 aromatic heterocycles. The molecule has 0 aliphatic carbocycles. The first-order valence-electron chi connectivity index (χ1n) is 6.11. The summed E-state index contributed by atoms with van der Waals surface area (Å²) in [7, 11) is 0. The second kappa shape index (κ2) is 6.19. The Kier molecular flexibility index (Phi) is 5.22. The number of carbonyl (C=O) groups excluding carboxylic acids is 1. The van der Waals surface area contributed by atoms with Crippen LogP contribution in [0, 0.1) is 28.7 Å². The molecular weight excluding hydrogens is 312 g/mol. The maximum atomic E-state index is 13.6. The molecular formula is C13H15ClF4N2O. The number of hydrogen-bond acceptors (Lipinski definition) is 2. The Morgan fingerprint density at radius 2 is 1.81 bits per heavy atom. The van der Waals surface area contributed by atoms with E-state index in [1.807, 2.05) is 6.92 Å². The summed E-state index contributed by atoms with van der Waals surface area (Å²) < 4.78 is 53.4. The molecule has 118 valence electrons. The highest BCUT2D eigenvalue weighted by atomic mass is 35.5. The zero-order valence-corrected chi connectivity index (χ0v) is 12.1. The molecule has 1 aliphatic heterocycles. The van der Waals surface area contributed by atoms with Crippen molar-refractivity contribution in [3.8, 4) is 0 Å². The van der Waals surface area contributed by atoms with E-state index in [1.54, 1.807) is 0 Å². The lowest BCUT2D eigenvalue weighted by molar-refractivity contribution is 0.0764. The lowest BCUT2D eigenvalue weighted by Gasteiger charge is -2.22. The van der Waals surface area contributed by atoms with Crippen LogP contribution < -0.4 is 5.73 Å². The van der Waals surface area contributed by atoms with Gasteiger partial charge in [0.1, 0.15) is 5.56 Å². The lowest BCUT2D eigenvalue weighted by atomic mass is 9.90. The van der Waals surface area contributed by atoms with Crippen LogP contribution in [0.3, 0.4) is 0 Å². The van der Waals surface area contributed by atoms with E-state index in [9.17, 15) is 22.4 Å². The molecule has 2 rings (SSSR count). The Labute approximate surface area is 125 Å². The van der Waals surface area contributed by atoms with Crippen molar-refractivity contribution in [2.45, 2.75) is 13.3 Å². The summed E-state index contributed by atoms with van der Waals surface area (Å²) >= 11 is 0. The highest BCUT2D eigenvalue weighted by Crippen LogP contribution is 2.31. The number of halogens is 5. The Balaban J connectivity index is 0.00000220. The van der Waals surface area contributed by atoms with E-state index in [0.717, 1.165) is 4.90 Å². The fourth-order valence-corrected chi connectivity index (χ4v) is 2.28. The van der Waals surface area contributed by atoms with Crippen molar-refractivity contribution in [3.05, 3.63) is 34.9 Å². The van der Waals surface area contributed by atoms with Gasteiger partial charge >= 0.3 is 0 Å². The van der Waals surface area contributed by atoms with Crippen molar-refractivity contribution in [3.63, 3.8) is 0 Å². The summed E-state index contributed by atoms with van der Waals surface area (Å²) in [5, 5.41) is 0. The van der Waals surface area contributed by atoms with Gasteiger partial charge in [-0.2, -0.15) is 0 Å². The molecule has 1 heterocycles. The average molecular weight is 327 g/mol. The predicted molar refractivity (Wildman–Crippen MR) is 71.2 cm³/mol. The molecule has 1 aliphatic rings. The molecule has 1 atom stereocenters. The van der Waals surface area contributed by atoms with Crippen LogP contribution >= 0.6 is 12.4 Å². The van der Waals surface area contributed by atoms with Crippen LogP contribution in [0.25, 0.3) is 0 Å². The molecule has 3 nitrogen and oxygen atoms in total. The monoisotopic (exact) mass is 326 g/mol. The predicted octanol–water partition coefficient (Wildman–Crippen LogP) is 2.48. The third-order valence-electron chi connectivity index (χ3n) is 3.66. The van der Waals surface area contributed by atoms with Gasteiger partial charge in [-0.25, -0.2) is 17.6 Å². The largest absolute Gasteiger partial charge is 0.338 e. The SMILES string of the molecule is CC1(CN)CCN(C(=O)c2c(F)c(F)cc(F)c2F)C1.Cl. The van der Waals surface area contributed by atoms with Crippen molar-refractivity contribution in [2.24, 2.45) is 11.1 Å². The minimum Gasteiger partial charge on any atom is -0.338 e. The first-order valence-corrected chi connectivity index (χ1v) is 6.11. The number of carbonyl (C=O) groups is 1. The Morgan fingerprint density at radius 1 is 1.29 bits per heavy atom. The summed E-state index contributed by atoms with van der Waals surface area (Å²) in [5.74, 6) is -7.58. The summed E-state index contributed by atoms with van der Waals surface area (Å²) in [6, 6.07) is 0.0788. The lowest BCUT2D eigenvalue weighted by Crippen LogP contribution is -2.35. The second-order valence-electron chi connectivity index (χ2n) is 5.33. The van der Waals surface area contributed by atoms with Crippen LogP contribution in [-0.2, 0) is 0 Å². The molecule has 1 amide bonds. The number of likely N-dealkylation sites (tertiary alicyclic amines) is 1. The van der Waals surface area contributed by atoms with Gasteiger partial charge in [-0.05, 0) is 18.4 Å². The minimum absolute atomic E-state index is 0. The number of benzene rings is 1. The Hall–Kier alpha value is -1.34. The van der Waals surface area contributed by atoms with E-state index >= 15 is 0 Å². The van der Waals surface area contributed by atoms with E-state index in [2.05, 4.69) is 0 Å². The number of nitrogens with zero attached hydrogens (tertiary/aromatic N) is 1. The molecule has 1 fully saturated rings. The van der Waals surface area contributed by atoms with E-state index in [1.165, 1.54) is 0 Å². The van der Waals surface area contributed by atoms with Crippen molar-refractivity contribution in [2.75, 3.05) is 19.6 Å². The van der Waals surface area contributed by atoms with Crippen LogP contribution in [0.5, 0.6) is 0 Å². The maximum absolute atomic E-state index is 13.6. The molecule has 8 heteroatoms. The van der Waals surface area contributed by atoms with Gasteiger partial charge in [0.2, 0.25) is 0 Å².